The number of amides is 2. The van der Waals surface area contributed by atoms with Crippen molar-refractivity contribution in [3.05, 3.63) is 95.0 Å². The van der Waals surface area contributed by atoms with Crippen LogP contribution in [0.25, 0.3) is 0 Å². The second-order valence-corrected chi connectivity index (χ2v) is 7.91. The van der Waals surface area contributed by atoms with Crippen molar-refractivity contribution in [2.45, 2.75) is 19.1 Å². The van der Waals surface area contributed by atoms with E-state index in [4.69, 9.17) is 21.2 Å². The summed E-state index contributed by atoms with van der Waals surface area (Å²) < 4.78 is 5.36. The molecule has 1 N–H and O–H groups in total. The molecule has 0 fully saturated rings. The Kier molecular flexibility index (Phi) is 6.92. The number of nitrogens with zero attached hydrogens (tertiary/aromatic N) is 2. The Bertz CT molecular complexity index is 1100. The lowest BCUT2D eigenvalue weighted by Gasteiger charge is -2.25. The van der Waals surface area contributed by atoms with Gasteiger partial charge >= 0.3 is 6.03 Å². The van der Waals surface area contributed by atoms with E-state index >= 15 is 0 Å². The number of hydrogen-bond acceptors (Lipinski definition) is 4. The molecule has 1 aliphatic rings. The van der Waals surface area contributed by atoms with Gasteiger partial charge in [-0.15, -0.1) is 0 Å². The minimum atomic E-state index is -0.258. The maximum absolute atomic E-state index is 13.2. The van der Waals surface area contributed by atoms with Gasteiger partial charge in [-0.3, -0.25) is 0 Å². The minimum absolute atomic E-state index is 0.243. The lowest BCUT2D eigenvalue weighted by Crippen LogP contribution is -2.40. The highest BCUT2D eigenvalue weighted by Gasteiger charge is 2.27. The summed E-state index contributed by atoms with van der Waals surface area (Å²) >= 11 is 6.16. The summed E-state index contributed by atoms with van der Waals surface area (Å²) in [6.07, 6.45) is 0.380. The van der Waals surface area contributed by atoms with Gasteiger partial charge in [-0.2, -0.15) is 0 Å². The number of rotatable bonds is 7. The number of carbonyl (C=O) groups excluding carboxylic acids is 1. The number of nitrogens with one attached hydrogen (secondary N) is 1. The summed E-state index contributed by atoms with van der Waals surface area (Å²) in [6.45, 7) is 0.745. The molecule has 0 radical (unpaired) electrons. The number of halogens is 1. The van der Waals surface area contributed by atoms with Gasteiger partial charge in [-0.1, -0.05) is 71.4 Å². The van der Waals surface area contributed by atoms with Crippen molar-refractivity contribution in [1.29, 1.82) is 0 Å². The van der Waals surface area contributed by atoms with Crippen LogP contribution in [0.5, 0.6) is 5.75 Å². The maximum Gasteiger partial charge on any atom is 0.322 e. The lowest BCUT2D eigenvalue weighted by molar-refractivity contribution is 0.0608. The zero-order valence-electron chi connectivity index (χ0n) is 17.7. The van der Waals surface area contributed by atoms with E-state index < -0.39 is 0 Å². The van der Waals surface area contributed by atoms with Crippen LogP contribution in [0.3, 0.4) is 0 Å². The van der Waals surface area contributed by atoms with Gasteiger partial charge in [0, 0.05) is 18.0 Å². The molecule has 3 aromatic rings. The molecule has 0 bridgehead atoms. The van der Waals surface area contributed by atoms with Gasteiger partial charge in [-0.05, 0) is 35.4 Å². The first-order chi connectivity index (χ1) is 15.6. The number of carbonyl (C=O) groups is 1. The minimum Gasteiger partial charge on any atom is -0.495 e. The topological polar surface area (TPSA) is 63.2 Å². The molecule has 7 heteroatoms. The highest BCUT2D eigenvalue weighted by Crippen LogP contribution is 2.25. The molecule has 0 unspecified atom stereocenters. The molecule has 32 heavy (non-hydrogen) atoms. The third-order valence-corrected chi connectivity index (χ3v) is 5.40. The number of ether oxygens (including phenoxy) is 1. The van der Waals surface area contributed by atoms with Crippen molar-refractivity contribution < 1.29 is 14.4 Å². The van der Waals surface area contributed by atoms with Crippen LogP contribution in [-0.4, -0.2) is 36.4 Å². The zero-order chi connectivity index (χ0) is 22.3. The van der Waals surface area contributed by atoms with E-state index in [0.717, 1.165) is 16.8 Å². The fourth-order valence-corrected chi connectivity index (χ4v) is 3.80. The molecule has 0 saturated heterocycles. The average molecular weight is 450 g/mol. The van der Waals surface area contributed by atoms with Crippen molar-refractivity contribution in [2.24, 2.45) is 5.16 Å². The van der Waals surface area contributed by atoms with E-state index in [9.17, 15) is 4.79 Å². The first-order valence-corrected chi connectivity index (χ1v) is 10.7. The Morgan fingerprint density at radius 1 is 1.12 bits per heavy atom. The standard InChI is InChI=1S/C25H24ClN3O3/c1-31-24-13-6-5-12-22(24)27-25(30)29(16-18-8-7-11-20(26)14-18)17-21-15-23(28-32-21)19-9-3-2-4-10-19/h2-14,21H,15-17H2,1H3,(H,27,30)/t21-/m1/s1. The van der Waals surface area contributed by atoms with Crippen molar-refractivity contribution in [3.8, 4) is 5.75 Å². The predicted molar refractivity (Wildman–Crippen MR) is 126 cm³/mol. The Morgan fingerprint density at radius 2 is 1.91 bits per heavy atom. The molecule has 0 aliphatic carbocycles. The number of anilines is 1. The summed E-state index contributed by atoms with van der Waals surface area (Å²) in [4.78, 5) is 20.6. The van der Waals surface area contributed by atoms with E-state index in [-0.39, 0.29) is 12.1 Å². The Hall–Kier alpha value is -3.51. The van der Waals surface area contributed by atoms with Crippen LogP contribution in [0.1, 0.15) is 17.5 Å². The van der Waals surface area contributed by atoms with Gasteiger partial charge < -0.3 is 19.8 Å². The first kappa shape index (κ1) is 21.7. The quantitative estimate of drug-likeness (QED) is 0.512. The molecule has 0 saturated carbocycles. The van der Waals surface area contributed by atoms with Gasteiger partial charge in [0.25, 0.3) is 0 Å². The summed E-state index contributed by atoms with van der Waals surface area (Å²) in [5.41, 5.74) is 3.43. The van der Waals surface area contributed by atoms with Crippen molar-refractivity contribution in [3.63, 3.8) is 0 Å². The molecule has 1 atom stereocenters. The van der Waals surface area contributed by atoms with E-state index in [1.165, 1.54) is 0 Å². The van der Waals surface area contributed by atoms with Crippen molar-refractivity contribution in [1.82, 2.24) is 4.90 Å². The maximum atomic E-state index is 13.2. The largest absolute Gasteiger partial charge is 0.495 e. The van der Waals surface area contributed by atoms with Crippen molar-refractivity contribution >= 4 is 29.0 Å². The molecule has 0 spiro atoms. The molecule has 0 aromatic heterocycles. The predicted octanol–water partition coefficient (Wildman–Crippen LogP) is 5.58. The molecule has 2 amide bonds. The Morgan fingerprint density at radius 3 is 2.69 bits per heavy atom. The average Bonchev–Trinajstić information content (AvgIpc) is 3.28. The fourth-order valence-electron chi connectivity index (χ4n) is 3.59. The molecule has 6 nitrogen and oxygen atoms in total. The van der Waals surface area contributed by atoms with Gasteiger partial charge in [0.1, 0.15) is 5.75 Å². The lowest BCUT2D eigenvalue weighted by atomic mass is 10.0. The Balaban J connectivity index is 1.49. The summed E-state index contributed by atoms with van der Waals surface area (Å²) in [6, 6.07) is 24.4. The highest BCUT2D eigenvalue weighted by atomic mass is 35.5. The first-order valence-electron chi connectivity index (χ1n) is 10.3. The van der Waals surface area contributed by atoms with Crippen LogP contribution in [0.15, 0.2) is 84.0 Å². The normalized spacial score (nSPS) is 14.9. The van der Waals surface area contributed by atoms with Gasteiger partial charge in [-0.25, -0.2) is 4.79 Å². The number of urea groups is 1. The molecule has 1 heterocycles. The monoisotopic (exact) mass is 449 g/mol. The van der Waals surface area contributed by atoms with Crippen LogP contribution < -0.4 is 10.1 Å². The van der Waals surface area contributed by atoms with Crippen LogP contribution >= 0.6 is 11.6 Å². The number of para-hydroxylation sites is 2. The Labute approximate surface area is 192 Å². The SMILES string of the molecule is COc1ccccc1NC(=O)N(Cc1cccc(Cl)c1)C[C@H]1CC(c2ccccc2)=NO1. The fraction of sp³-hybridized carbons (Fsp3) is 0.200. The number of methoxy groups -OCH3 is 1. The molecule has 4 rings (SSSR count). The molecular formula is C25H24ClN3O3. The van der Waals surface area contributed by atoms with Crippen LogP contribution in [-0.2, 0) is 11.4 Å². The molecule has 164 valence electrons. The second kappa shape index (κ2) is 10.2. The molecular weight excluding hydrogens is 426 g/mol. The van der Waals surface area contributed by atoms with Gasteiger partial charge in [0.15, 0.2) is 6.10 Å². The third kappa shape index (κ3) is 5.39. The highest BCUT2D eigenvalue weighted by molar-refractivity contribution is 6.30. The zero-order valence-corrected chi connectivity index (χ0v) is 18.5. The number of oxime groups is 1. The third-order valence-electron chi connectivity index (χ3n) is 5.16. The van der Waals surface area contributed by atoms with Crippen LogP contribution in [0, 0.1) is 0 Å². The summed E-state index contributed by atoms with van der Waals surface area (Å²) in [5.74, 6) is 0.593. The molecule has 3 aromatic carbocycles. The second-order valence-electron chi connectivity index (χ2n) is 7.48. The van der Waals surface area contributed by atoms with Crippen LogP contribution in [0.2, 0.25) is 5.02 Å². The van der Waals surface area contributed by atoms with Gasteiger partial charge in [0.05, 0.1) is 25.1 Å². The summed E-state index contributed by atoms with van der Waals surface area (Å²) in [7, 11) is 1.57. The summed E-state index contributed by atoms with van der Waals surface area (Å²) in [5, 5.41) is 7.82. The number of benzene rings is 3. The molecule has 1 aliphatic heterocycles. The van der Waals surface area contributed by atoms with Gasteiger partial charge in [0.2, 0.25) is 0 Å². The number of hydrogen-bond donors (Lipinski definition) is 1. The van der Waals surface area contributed by atoms with E-state index in [2.05, 4.69) is 10.5 Å². The smallest absolute Gasteiger partial charge is 0.322 e. The van der Waals surface area contributed by atoms with Crippen molar-refractivity contribution in [2.75, 3.05) is 19.0 Å². The van der Waals surface area contributed by atoms with E-state index in [1.807, 2.05) is 66.7 Å². The van der Waals surface area contributed by atoms with E-state index in [0.29, 0.717) is 36.0 Å². The van der Waals surface area contributed by atoms with Crippen LogP contribution in [0.4, 0.5) is 10.5 Å². The van der Waals surface area contributed by atoms with E-state index in [1.54, 1.807) is 24.1 Å².